The molecule has 5 nitrogen and oxygen atoms in total. The number of ether oxygens (including phenoxy) is 2. The molecule has 0 bridgehead atoms. The van der Waals surface area contributed by atoms with Crippen LogP contribution in [0.3, 0.4) is 0 Å². The van der Waals surface area contributed by atoms with Crippen LogP contribution in [0.25, 0.3) is 10.6 Å². The van der Waals surface area contributed by atoms with Crippen molar-refractivity contribution in [2.75, 3.05) is 6.79 Å². The summed E-state index contributed by atoms with van der Waals surface area (Å²) in [5.74, 6) is 1.58. The molecule has 3 aromatic rings. The van der Waals surface area contributed by atoms with Gasteiger partial charge >= 0.3 is 0 Å². The zero-order valence-corrected chi connectivity index (χ0v) is 14.8. The van der Waals surface area contributed by atoms with E-state index in [1.54, 1.807) is 11.3 Å². The Labute approximate surface area is 150 Å². The first kappa shape index (κ1) is 16.1. The number of nitrogens with one attached hydrogen (secondary N) is 1. The van der Waals surface area contributed by atoms with Gasteiger partial charge in [0.15, 0.2) is 11.5 Å². The summed E-state index contributed by atoms with van der Waals surface area (Å²) in [7, 11) is 0. The monoisotopic (exact) mass is 353 g/mol. The second-order valence-electron chi connectivity index (χ2n) is 5.83. The lowest BCUT2D eigenvalue weighted by molar-refractivity contribution is 0.174. The fourth-order valence-electron chi connectivity index (χ4n) is 2.87. The van der Waals surface area contributed by atoms with Crippen LogP contribution in [0.4, 0.5) is 0 Å². The molecule has 1 N–H and O–H groups in total. The van der Waals surface area contributed by atoms with E-state index in [0.29, 0.717) is 12.8 Å². The number of nitrogens with zero attached hydrogens (tertiary/aromatic N) is 2. The van der Waals surface area contributed by atoms with Crippen molar-refractivity contribution in [2.24, 2.45) is 0 Å². The summed E-state index contributed by atoms with van der Waals surface area (Å²) >= 11 is 1.65. The maximum Gasteiger partial charge on any atom is 0.231 e. The number of hydrogen-bond donors (Lipinski definition) is 1. The predicted octanol–water partition coefficient (Wildman–Crippen LogP) is 4.17. The number of benzene rings is 1. The molecule has 1 aliphatic heterocycles. The van der Waals surface area contributed by atoms with Crippen LogP contribution >= 0.6 is 11.3 Å². The fraction of sp³-hybridized carbons (Fsp3) is 0.263. The quantitative estimate of drug-likeness (QED) is 0.721. The minimum Gasteiger partial charge on any atom is -0.454 e. The average Bonchev–Trinajstić information content (AvgIpc) is 3.32. The van der Waals surface area contributed by atoms with E-state index in [9.17, 15) is 0 Å². The number of hydrogen-bond acceptors (Lipinski definition) is 6. The molecule has 0 radical (unpaired) electrons. The van der Waals surface area contributed by atoms with Gasteiger partial charge in [0.1, 0.15) is 5.01 Å². The highest BCUT2D eigenvalue weighted by Crippen LogP contribution is 2.36. The molecule has 4 rings (SSSR count). The van der Waals surface area contributed by atoms with E-state index < -0.39 is 0 Å². The number of aromatic nitrogens is 2. The highest BCUT2D eigenvalue weighted by atomic mass is 32.1. The molecule has 1 aromatic carbocycles. The molecule has 0 spiro atoms. The Hall–Kier alpha value is -2.44. The Balaban J connectivity index is 1.45. The minimum atomic E-state index is 0.291. The highest BCUT2D eigenvalue weighted by Gasteiger charge is 2.15. The minimum absolute atomic E-state index is 0.291. The van der Waals surface area contributed by atoms with Crippen LogP contribution in [-0.4, -0.2) is 16.8 Å². The molecule has 2 aromatic heterocycles. The van der Waals surface area contributed by atoms with Gasteiger partial charge in [-0.05, 0) is 42.3 Å². The van der Waals surface area contributed by atoms with Crippen LogP contribution in [0.1, 0.15) is 30.6 Å². The van der Waals surface area contributed by atoms with Crippen molar-refractivity contribution >= 4 is 11.3 Å². The fourth-order valence-corrected chi connectivity index (χ4v) is 3.69. The third kappa shape index (κ3) is 3.50. The van der Waals surface area contributed by atoms with Crippen LogP contribution < -0.4 is 14.8 Å². The van der Waals surface area contributed by atoms with Crippen molar-refractivity contribution in [2.45, 2.75) is 25.9 Å². The summed E-state index contributed by atoms with van der Waals surface area (Å²) in [6.07, 6.45) is 4.68. The Bertz CT molecular complexity index is 851. The summed E-state index contributed by atoms with van der Waals surface area (Å²) in [6.45, 7) is 3.21. The SMILES string of the molecule is CCC(NCc1csc(-c2ccc3c(c2)OCO3)n1)c1ccncc1. The molecular weight excluding hydrogens is 334 g/mol. The van der Waals surface area contributed by atoms with Gasteiger partial charge in [0.2, 0.25) is 6.79 Å². The highest BCUT2D eigenvalue weighted by molar-refractivity contribution is 7.13. The van der Waals surface area contributed by atoms with Gasteiger partial charge in [0.05, 0.1) is 5.69 Å². The second kappa shape index (κ2) is 7.21. The van der Waals surface area contributed by atoms with E-state index in [4.69, 9.17) is 14.5 Å². The number of fused-ring (bicyclic) bond motifs is 1. The van der Waals surface area contributed by atoms with E-state index in [1.807, 2.05) is 30.6 Å². The standard InChI is InChI=1S/C19H19N3O2S/c1-2-16(13-5-7-20-8-6-13)21-10-15-11-25-19(22-15)14-3-4-17-18(9-14)24-12-23-17/h3-9,11,16,21H,2,10,12H2,1H3. The normalized spacial score (nSPS) is 13.8. The van der Waals surface area contributed by atoms with Gasteiger partial charge < -0.3 is 14.8 Å². The van der Waals surface area contributed by atoms with Gasteiger partial charge in [-0.2, -0.15) is 0 Å². The molecule has 3 heterocycles. The van der Waals surface area contributed by atoms with E-state index in [1.165, 1.54) is 5.56 Å². The van der Waals surface area contributed by atoms with Gasteiger partial charge in [0.25, 0.3) is 0 Å². The van der Waals surface area contributed by atoms with Gasteiger partial charge in [-0.15, -0.1) is 11.3 Å². The molecule has 128 valence electrons. The molecule has 0 fully saturated rings. The summed E-state index contributed by atoms with van der Waals surface area (Å²) < 4.78 is 10.8. The Morgan fingerprint density at radius 2 is 2.00 bits per heavy atom. The lowest BCUT2D eigenvalue weighted by Crippen LogP contribution is -2.20. The van der Waals surface area contributed by atoms with Gasteiger partial charge in [-0.25, -0.2) is 4.98 Å². The Morgan fingerprint density at radius 1 is 1.16 bits per heavy atom. The van der Waals surface area contributed by atoms with E-state index >= 15 is 0 Å². The second-order valence-corrected chi connectivity index (χ2v) is 6.69. The molecule has 0 saturated heterocycles. The van der Waals surface area contributed by atoms with Crippen molar-refractivity contribution in [3.05, 3.63) is 59.4 Å². The zero-order chi connectivity index (χ0) is 17.1. The lowest BCUT2D eigenvalue weighted by atomic mass is 10.1. The third-order valence-electron chi connectivity index (χ3n) is 4.22. The summed E-state index contributed by atoms with van der Waals surface area (Å²) in [5.41, 5.74) is 3.36. The van der Waals surface area contributed by atoms with E-state index in [0.717, 1.165) is 40.7 Å². The van der Waals surface area contributed by atoms with Crippen molar-refractivity contribution in [3.63, 3.8) is 0 Å². The molecule has 0 aliphatic carbocycles. The van der Waals surface area contributed by atoms with Crippen LogP contribution in [-0.2, 0) is 6.54 Å². The number of rotatable bonds is 6. The average molecular weight is 353 g/mol. The van der Waals surface area contributed by atoms with Crippen molar-refractivity contribution < 1.29 is 9.47 Å². The number of thiazole rings is 1. The van der Waals surface area contributed by atoms with Gasteiger partial charge in [-0.1, -0.05) is 6.92 Å². The molecule has 1 unspecified atom stereocenters. The topological polar surface area (TPSA) is 56.3 Å². The molecular formula is C19H19N3O2S. The number of pyridine rings is 1. The third-order valence-corrected chi connectivity index (χ3v) is 5.16. The summed E-state index contributed by atoms with van der Waals surface area (Å²) in [4.78, 5) is 8.84. The van der Waals surface area contributed by atoms with E-state index in [2.05, 4.69) is 34.7 Å². The van der Waals surface area contributed by atoms with Crippen LogP contribution in [0.2, 0.25) is 0 Å². The largest absolute Gasteiger partial charge is 0.454 e. The van der Waals surface area contributed by atoms with Gasteiger partial charge in [0, 0.05) is 35.9 Å². The van der Waals surface area contributed by atoms with Crippen LogP contribution in [0.15, 0.2) is 48.1 Å². The van der Waals surface area contributed by atoms with Crippen molar-refractivity contribution in [1.29, 1.82) is 0 Å². The molecule has 0 saturated carbocycles. The Morgan fingerprint density at radius 3 is 2.84 bits per heavy atom. The molecule has 6 heteroatoms. The first-order valence-electron chi connectivity index (χ1n) is 8.31. The van der Waals surface area contributed by atoms with Crippen LogP contribution in [0.5, 0.6) is 11.5 Å². The summed E-state index contributed by atoms with van der Waals surface area (Å²) in [5, 5.41) is 6.68. The molecule has 25 heavy (non-hydrogen) atoms. The molecule has 1 aliphatic rings. The van der Waals surface area contributed by atoms with Gasteiger partial charge in [-0.3, -0.25) is 4.98 Å². The molecule has 0 amide bonds. The smallest absolute Gasteiger partial charge is 0.231 e. The van der Waals surface area contributed by atoms with Crippen molar-refractivity contribution in [1.82, 2.24) is 15.3 Å². The zero-order valence-electron chi connectivity index (χ0n) is 13.9. The first-order chi connectivity index (χ1) is 12.3. The summed E-state index contributed by atoms with van der Waals surface area (Å²) in [6, 6.07) is 10.4. The van der Waals surface area contributed by atoms with Crippen LogP contribution in [0, 0.1) is 0 Å². The maximum atomic E-state index is 5.45. The Kier molecular flexibility index (Phi) is 4.63. The van der Waals surface area contributed by atoms with E-state index in [-0.39, 0.29) is 0 Å². The lowest BCUT2D eigenvalue weighted by Gasteiger charge is -2.16. The predicted molar refractivity (Wildman–Crippen MR) is 97.8 cm³/mol. The molecule has 1 atom stereocenters. The maximum absolute atomic E-state index is 5.45. The van der Waals surface area contributed by atoms with Crippen molar-refractivity contribution in [3.8, 4) is 22.1 Å². The first-order valence-corrected chi connectivity index (χ1v) is 9.19.